The zero-order valence-electron chi connectivity index (χ0n) is 32.1. The van der Waals surface area contributed by atoms with Gasteiger partial charge in [-0.2, -0.15) is 0 Å². The largest absolute Gasteiger partial charge is 0.462 e. The van der Waals surface area contributed by atoms with Crippen LogP contribution >= 0.6 is 0 Å². The number of allylic oxidation sites excluding steroid dienone is 7. The number of nitrogens with zero attached hydrogens (tertiary/aromatic N) is 1. The number of ether oxygens (including phenoxy) is 1. The van der Waals surface area contributed by atoms with Crippen LogP contribution in [0.5, 0.6) is 5.75 Å². The van der Waals surface area contributed by atoms with Crippen molar-refractivity contribution in [2.45, 2.75) is 60.3 Å². The van der Waals surface area contributed by atoms with Crippen LogP contribution in [-0.2, 0) is 17.9 Å². The maximum absolute atomic E-state index is 13.2. The second-order valence-electron chi connectivity index (χ2n) is 13.0. The summed E-state index contributed by atoms with van der Waals surface area (Å²) >= 11 is 0. The summed E-state index contributed by atoms with van der Waals surface area (Å²) in [7, 11) is 0. The minimum absolute atomic E-state index is 0.0752. The summed E-state index contributed by atoms with van der Waals surface area (Å²) < 4.78 is 5.94. The highest BCUT2D eigenvalue weighted by Crippen LogP contribution is 2.30. The van der Waals surface area contributed by atoms with E-state index >= 15 is 0 Å². The Hall–Kier alpha value is -6.56. The maximum Gasteiger partial charge on any atom is 0.266 e. The van der Waals surface area contributed by atoms with Gasteiger partial charge in [0.25, 0.3) is 17.7 Å². The molecule has 0 fully saturated rings. The van der Waals surface area contributed by atoms with Crippen LogP contribution in [0.3, 0.4) is 0 Å². The minimum Gasteiger partial charge on any atom is -0.462 e. The van der Waals surface area contributed by atoms with Crippen molar-refractivity contribution in [2.24, 2.45) is 0 Å². The Morgan fingerprint density at radius 3 is 2.38 bits per heavy atom. The van der Waals surface area contributed by atoms with Crippen molar-refractivity contribution in [2.75, 3.05) is 10.8 Å². The number of benzene rings is 4. The van der Waals surface area contributed by atoms with Crippen molar-refractivity contribution >= 4 is 35.4 Å². The number of aldehydes is 1. The molecule has 288 valence electrons. The zero-order chi connectivity index (χ0) is 40.2. The first-order valence-corrected chi connectivity index (χ1v) is 18.3. The molecule has 56 heavy (non-hydrogen) atoms. The number of aliphatic hydroxyl groups is 1. The summed E-state index contributed by atoms with van der Waals surface area (Å²) in [6.45, 7) is 9.43. The first kappa shape index (κ1) is 40.6. The van der Waals surface area contributed by atoms with E-state index in [1.54, 1.807) is 98.8 Å². The molecule has 4 aromatic rings. The van der Waals surface area contributed by atoms with E-state index in [0.29, 0.717) is 62.8 Å². The Labute approximate surface area is 327 Å². The van der Waals surface area contributed by atoms with E-state index < -0.39 is 18.0 Å². The zero-order valence-corrected chi connectivity index (χ0v) is 32.1. The molecule has 5 rings (SSSR count). The molecular weight excluding hydrogens is 709 g/mol. The molecule has 3 amide bonds. The lowest BCUT2D eigenvalue weighted by atomic mass is 10.0. The molecule has 4 N–H and O–H groups in total. The predicted octanol–water partition coefficient (Wildman–Crippen LogP) is 8.79. The minimum atomic E-state index is -1.15. The average molecular weight is 755 g/mol. The van der Waals surface area contributed by atoms with Gasteiger partial charge < -0.3 is 20.5 Å². The van der Waals surface area contributed by atoms with E-state index in [1.165, 1.54) is 0 Å². The van der Waals surface area contributed by atoms with Gasteiger partial charge in [0.05, 0.1) is 16.8 Å². The summed E-state index contributed by atoms with van der Waals surface area (Å²) in [5.41, 5.74) is 8.87. The van der Waals surface area contributed by atoms with Crippen LogP contribution < -0.4 is 20.9 Å². The molecule has 1 heterocycles. The van der Waals surface area contributed by atoms with Crippen LogP contribution in [0.2, 0.25) is 0 Å². The molecule has 0 aromatic heterocycles. The van der Waals surface area contributed by atoms with Crippen LogP contribution in [0.15, 0.2) is 132 Å². The van der Waals surface area contributed by atoms with Gasteiger partial charge in [-0.3, -0.25) is 29.5 Å². The second-order valence-corrected chi connectivity index (χ2v) is 13.0. The van der Waals surface area contributed by atoms with Crippen molar-refractivity contribution in [3.05, 3.63) is 171 Å². The van der Waals surface area contributed by atoms with E-state index in [-0.39, 0.29) is 18.1 Å². The summed E-state index contributed by atoms with van der Waals surface area (Å²) in [5, 5.41) is 16.8. The summed E-state index contributed by atoms with van der Waals surface area (Å²) in [5.74, 6) is -0.0669. The summed E-state index contributed by atoms with van der Waals surface area (Å²) in [6, 6.07) is 24.3. The number of nitrogens with one attached hydrogen (secondary N) is 3. The van der Waals surface area contributed by atoms with Crippen molar-refractivity contribution in [1.82, 2.24) is 10.2 Å². The van der Waals surface area contributed by atoms with Crippen molar-refractivity contribution in [3.63, 3.8) is 0 Å². The Bertz CT molecular complexity index is 2220. The number of carbonyl (C=O) groups is 4. The number of hydrogen-bond donors (Lipinski definition) is 4. The number of fused-ring (bicyclic) bond motifs is 1. The molecule has 11 heteroatoms. The highest BCUT2D eigenvalue weighted by molar-refractivity contribution is 6.22. The summed E-state index contributed by atoms with van der Waals surface area (Å²) in [6.07, 6.45) is 9.89. The Morgan fingerprint density at radius 1 is 0.893 bits per heavy atom. The molecule has 0 bridgehead atoms. The molecule has 11 nitrogen and oxygen atoms in total. The van der Waals surface area contributed by atoms with Gasteiger partial charge in [-0.25, -0.2) is 4.90 Å². The standard InChI is InChI=1S/C45H46N4O7/c1-6-10-38(11-7-2)49-44(53)40-23-18-33(26-41(40)45(49)54)43(52)47-36-19-21-39(22-20-36)56-30(5)15-14-29(4)46-42(51)32-16-17-34(27-50)35(25-32)28-55-48-37-13-9-12-31(8-3)24-37/h6,9-27,43,47-48,52H,7-8,28H2,1-5H3,(H,46,51)/b10-6+,29-14+,30-15+,38-11+. The third-order valence-electron chi connectivity index (χ3n) is 8.84. The average Bonchev–Trinajstić information content (AvgIpc) is 3.45. The number of rotatable bonds is 17. The van der Waals surface area contributed by atoms with Gasteiger partial charge in [0.1, 0.15) is 24.4 Å². The smallest absolute Gasteiger partial charge is 0.266 e. The molecule has 4 aromatic carbocycles. The number of aryl methyl sites for hydroxylation is 1. The first-order chi connectivity index (χ1) is 27.0. The number of carbonyl (C=O) groups excluding carboxylic acids is 4. The molecule has 0 radical (unpaired) electrons. The molecule has 1 aliphatic rings. The molecular formula is C45H46N4O7. The number of hydrogen-bond acceptors (Lipinski definition) is 9. The summed E-state index contributed by atoms with van der Waals surface area (Å²) in [4.78, 5) is 57.8. The molecule has 0 saturated heterocycles. The van der Waals surface area contributed by atoms with Crippen LogP contribution in [0.4, 0.5) is 11.4 Å². The fourth-order valence-electron chi connectivity index (χ4n) is 5.93. The van der Waals surface area contributed by atoms with Crippen LogP contribution in [-0.4, -0.2) is 34.0 Å². The van der Waals surface area contributed by atoms with E-state index in [4.69, 9.17) is 9.57 Å². The van der Waals surface area contributed by atoms with Crippen LogP contribution in [0.1, 0.15) is 105 Å². The topological polar surface area (TPSA) is 146 Å². The van der Waals surface area contributed by atoms with Crippen molar-refractivity contribution < 1.29 is 33.9 Å². The fourth-order valence-corrected chi connectivity index (χ4v) is 5.93. The van der Waals surface area contributed by atoms with Crippen LogP contribution in [0.25, 0.3) is 0 Å². The van der Waals surface area contributed by atoms with E-state index in [2.05, 4.69) is 23.0 Å². The first-order valence-electron chi connectivity index (χ1n) is 18.3. The number of aliphatic hydroxyl groups excluding tert-OH is 1. The molecule has 1 aliphatic heterocycles. The van der Waals surface area contributed by atoms with Gasteiger partial charge in [0, 0.05) is 33.8 Å². The van der Waals surface area contributed by atoms with E-state index in [9.17, 15) is 24.3 Å². The SMILES string of the molecule is C/C=C/C(=C\CC)N1C(=O)c2ccc(C(O)Nc3ccc(O/C(C)=C/C=C(\C)NC(=O)c4ccc(C=O)c(CONc5cccc(CC)c5)c4)cc3)cc2C1=O. The lowest BCUT2D eigenvalue weighted by molar-refractivity contribution is 0.0708. The fraction of sp³-hybridized carbons (Fsp3) is 0.200. The van der Waals surface area contributed by atoms with Crippen LogP contribution in [0, 0.1) is 0 Å². The number of amides is 3. The molecule has 0 saturated carbocycles. The Balaban J connectivity index is 1.14. The number of anilines is 2. The van der Waals surface area contributed by atoms with Gasteiger partial charge in [-0.15, -0.1) is 0 Å². The molecule has 0 aliphatic carbocycles. The quantitative estimate of drug-likeness (QED) is 0.0208. The Morgan fingerprint density at radius 2 is 1.66 bits per heavy atom. The highest BCUT2D eigenvalue weighted by atomic mass is 16.6. The van der Waals surface area contributed by atoms with Crippen molar-refractivity contribution in [1.29, 1.82) is 0 Å². The highest BCUT2D eigenvalue weighted by Gasteiger charge is 2.37. The third-order valence-corrected chi connectivity index (χ3v) is 8.84. The predicted molar refractivity (Wildman–Crippen MR) is 217 cm³/mol. The maximum atomic E-state index is 13.2. The molecule has 1 unspecified atom stereocenters. The monoisotopic (exact) mass is 754 g/mol. The van der Waals surface area contributed by atoms with Gasteiger partial charge in [-0.1, -0.05) is 50.3 Å². The normalized spacial score (nSPS) is 13.8. The van der Waals surface area contributed by atoms with Gasteiger partial charge in [0.15, 0.2) is 6.23 Å². The molecule has 1 atom stereocenters. The van der Waals surface area contributed by atoms with E-state index in [0.717, 1.165) is 28.9 Å². The van der Waals surface area contributed by atoms with E-state index in [1.807, 2.05) is 44.2 Å². The second kappa shape index (κ2) is 19.2. The van der Waals surface area contributed by atoms with Gasteiger partial charge in [0.2, 0.25) is 0 Å². The Kier molecular flexibility index (Phi) is 13.9. The lowest BCUT2D eigenvalue weighted by Gasteiger charge is -2.16. The molecule has 0 spiro atoms. The lowest BCUT2D eigenvalue weighted by Crippen LogP contribution is -2.28. The van der Waals surface area contributed by atoms with Crippen molar-refractivity contribution in [3.8, 4) is 5.75 Å². The number of imide groups is 1. The van der Waals surface area contributed by atoms with Gasteiger partial charge in [-0.05, 0) is 124 Å². The van der Waals surface area contributed by atoms with Gasteiger partial charge >= 0.3 is 0 Å². The third kappa shape index (κ3) is 10.1.